The first kappa shape index (κ1) is 12.2. The molecule has 0 saturated carbocycles. The van der Waals surface area contributed by atoms with E-state index >= 15 is 0 Å². The van der Waals surface area contributed by atoms with E-state index in [1.54, 1.807) is 24.7 Å². The molecule has 0 aliphatic heterocycles. The molecule has 18 heavy (non-hydrogen) atoms. The van der Waals surface area contributed by atoms with Gasteiger partial charge in [-0.1, -0.05) is 11.3 Å². The first-order chi connectivity index (χ1) is 8.56. The quantitative estimate of drug-likeness (QED) is 0.367. The molecule has 0 amide bonds. The van der Waals surface area contributed by atoms with Gasteiger partial charge in [0.25, 0.3) is 0 Å². The molecule has 0 fully saturated rings. The normalized spacial score (nSPS) is 10.9. The van der Waals surface area contributed by atoms with Crippen molar-refractivity contribution >= 4 is 28.2 Å². The molecule has 2 rings (SSSR count). The number of carbonyl (C=O) groups is 1. The third kappa shape index (κ3) is 2.69. The van der Waals surface area contributed by atoms with Gasteiger partial charge >= 0.3 is 5.00 Å². The number of rotatable bonds is 4. The minimum atomic E-state index is -0.453. The number of thiophene rings is 1. The number of aryl methyl sites for hydroxylation is 1. The minimum Gasteiger partial charge on any atom is -0.289 e. The highest BCUT2D eigenvalue weighted by molar-refractivity contribution is 7.13. The molecule has 2 heterocycles. The van der Waals surface area contributed by atoms with E-state index in [1.807, 2.05) is 0 Å². The van der Waals surface area contributed by atoms with Crippen LogP contribution in [-0.4, -0.2) is 20.5 Å². The van der Waals surface area contributed by atoms with Crippen molar-refractivity contribution in [3.8, 4) is 0 Å². The molecule has 7 heteroatoms. The SMILES string of the molecule is Cn1cc(C(=O)/C=C/c2csc([N+](=O)[O-])c2)cn1. The van der Waals surface area contributed by atoms with Crippen LogP contribution in [0.15, 0.2) is 29.9 Å². The van der Waals surface area contributed by atoms with E-state index < -0.39 is 4.92 Å². The molecule has 0 N–H and O–H groups in total. The van der Waals surface area contributed by atoms with Crippen molar-refractivity contribution in [1.82, 2.24) is 9.78 Å². The molecule has 0 saturated heterocycles. The molecule has 0 radical (unpaired) electrons. The summed E-state index contributed by atoms with van der Waals surface area (Å²) in [5, 5.41) is 16.1. The van der Waals surface area contributed by atoms with E-state index in [0.717, 1.165) is 11.3 Å². The van der Waals surface area contributed by atoms with Crippen molar-refractivity contribution in [3.05, 3.63) is 51.2 Å². The lowest BCUT2D eigenvalue weighted by Gasteiger charge is -1.87. The second-order valence-corrected chi connectivity index (χ2v) is 4.47. The molecular formula is C11H9N3O3S. The largest absolute Gasteiger partial charge is 0.324 e. The van der Waals surface area contributed by atoms with Gasteiger partial charge in [0.05, 0.1) is 16.7 Å². The van der Waals surface area contributed by atoms with E-state index in [2.05, 4.69) is 5.10 Å². The highest BCUT2D eigenvalue weighted by atomic mass is 32.1. The van der Waals surface area contributed by atoms with Gasteiger partial charge in [-0.3, -0.25) is 19.6 Å². The van der Waals surface area contributed by atoms with E-state index in [4.69, 9.17) is 0 Å². The lowest BCUT2D eigenvalue weighted by atomic mass is 10.2. The lowest BCUT2D eigenvalue weighted by molar-refractivity contribution is -0.380. The van der Waals surface area contributed by atoms with Gasteiger partial charge in [-0.2, -0.15) is 5.10 Å². The summed E-state index contributed by atoms with van der Waals surface area (Å²) in [5.74, 6) is -0.183. The van der Waals surface area contributed by atoms with Crippen LogP contribution in [0.25, 0.3) is 6.08 Å². The van der Waals surface area contributed by atoms with Crippen molar-refractivity contribution in [2.24, 2.45) is 7.05 Å². The van der Waals surface area contributed by atoms with Crippen LogP contribution >= 0.6 is 11.3 Å². The highest BCUT2D eigenvalue weighted by Crippen LogP contribution is 2.23. The molecular weight excluding hydrogens is 254 g/mol. The Labute approximate surface area is 106 Å². The number of carbonyl (C=O) groups excluding carboxylic acids is 1. The predicted octanol–water partition coefficient (Wildman–Crippen LogP) is 2.29. The summed E-state index contributed by atoms with van der Waals surface area (Å²) in [7, 11) is 1.72. The number of ketones is 1. The smallest absolute Gasteiger partial charge is 0.289 e. The van der Waals surface area contributed by atoms with E-state index in [9.17, 15) is 14.9 Å². The average Bonchev–Trinajstić information content (AvgIpc) is 2.94. The summed E-state index contributed by atoms with van der Waals surface area (Å²) in [6.45, 7) is 0. The molecule has 0 atom stereocenters. The number of nitro groups is 1. The van der Waals surface area contributed by atoms with Crippen LogP contribution in [0, 0.1) is 10.1 Å². The molecule has 0 bridgehead atoms. The van der Waals surface area contributed by atoms with Crippen LogP contribution in [-0.2, 0) is 7.05 Å². The maximum absolute atomic E-state index is 11.7. The third-order valence-corrected chi connectivity index (χ3v) is 3.10. The topological polar surface area (TPSA) is 78.0 Å². The molecule has 0 spiro atoms. The van der Waals surface area contributed by atoms with Crippen LogP contribution in [0.3, 0.4) is 0 Å². The molecule has 6 nitrogen and oxygen atoms in total. The molecule has 92 valence electrons. The van der Waals surface area contributed by atoms with Crippen molar-refractivity contribution < 1.29 is 9.72 Å². The first-order valence-electron chi connectivity index (χ1n) is 5.00. The Morgan fingerprint density at radius 3 is 2.94 bits per heavy atom. The maximum Gasteiger partial charge on any atom is 0.324 e. The monoisotopic (exact) mass is 263 g/mol. The molecule has 0 aromatic carbocycles. The second-order valence-electron chi connectivity index (χ2n) is 3.58. The molecule has 2 aromatic rings. The van der Waals surface area contributed by atoms with Gasteiger partial charge in [-0.05, 0) is 17.7 Å². The Bertz CT molecular complexity index is 627. The van der Waals surface area contributed by atoms with E-state index in [-0.39, 0.29) is 10.8 Å². The minimum absolute atomic E-state index is 0.0588. The van der Waals surface area contributed by atoms with Crippen LogP contribution in [0.4, 0.5) is 5.00 Å². The van der Waals surface area contributed by atoms with Crippen LogP contribution in [0.2, 0.25) is 0 Å². The number of aromatic nitrogens is 2. The van der Waals surface area contributed by atoms with Crippen LogP contribution in [0.1, 0.15) is 15.9 Å². The van der Waals surface area contributed by atoms with Crippen LogP contribution < -0.4 is 0 Å². The Kier molecular flexibility index (Phi) is 3.33. The lowest BCUT2D eigenvalue weighted by Crippen LogP contribution is -1.91. The zero-order valence-corrected chi connectivity index (χ0v) is 10.3. The summed E-state index contributed by atoms with van der Waals surface area (Å²) in [5.41, 5.74) is 1.13. The second kappa shape index (κ2) is 4.92. The number of allylic oxidation sites excluding steroid dienone is 1. The van der Waals surface area contributed by atoms with E-state index in [0.29, 0.717) is 11.1 Å². The van der Waals surface area contributed by atoms with Crippen LogP contribution in [0.5, 0.6) is 0 Å². The fourth-order valence-corrected chi connectivity index (χ4v) is 2.03. The van der Waals surface area contributed by atoms with Gasteiger partial charge in [0, 0.05) is 24.7 Å². The Morgan fingerprint density at radius 2 is 2.39 bits per heavy atom. The van der Waals surface area contributed by atoms with Crippen molar-refractivity contribution in [1.29, 1.82) is 0 Å². The van der Waals surface area contributed by atoms with Crippen molar-refractivity contribution in [3.63, 3.8) is 0 Å². The standard InChI is InChI=1S/C11H9N3O3S/c1-13-6-9(5-12-13)10(15)3-2-8-4-11(14(16)17)18-7-8/h2-7H,1H3/b3-2+. The zero-order chi connectivity index (χ0) is 13.1. The Morgan fingerprint density at radius 1 is 1.61 bits per heavy atom. The number of hydrogen-bond donors (Lipinski definition) is 0. The van der Waals surface area contributed by atoms with Gasteiger partial charge < -0.3 is 0 Å². The maximum atomic E-state index is 11.7. The molecule has 2 aromatic heterocycles. The number of nitrogens with zero attached hydrogens (tertiary/aromatic N) is 3. The van der Waals surface area contributed by atoms with Gasteiger partial charge in [-0.25, -0.2) is 0 Å². The summed E-state index contributed by atoms with van der Waals surface area (Å²) >= 11 is 1.03. The molecule has 0 unspecified atom stereocenters. The highest BCUT2D eigenvalue weighted by Gasteiger charge is 2.08. The number of hydrogen-bond acceptors (Lipinski definition) is 5. The average molecular weight is 263 g/mol. The third-order valence-electron chi connectivity index (χ3n) is 2.20. The fraction of sp³-hybridized carbons (Fsp3) is 0.0909. The molecule has 0 aliphatic carbocycles. The fourth-order valence-electron chi connectivity index (χ4n) is 1.34. The zero-order valence-electron chi connectivity index (χ0n) is 9.44. The summed E-state index contributed by atoms with van der Waals surface area (Å²) in [6.07, 6.45) is 6.02. The van der Waals surface area contributed by atoms with Gasteiger partial charge in [0.1, 0.15) is 0 Å². The summed E-state index contributed by atoms with van der Waals surface area (Å²) in [6, 6.07) is 1.43. The first-order valence-corrected chi connectivity index (χ1v) is 5.88. The Balaban J connectivity index is 2.10. The van der Waals surface area contributed by atoms with Gasteiger partial charge in [-0.15, -0.1) is 0 Å². The molecule has 0 aliphatic rings. The van der Waals surface area contributed by atoms with Gasteiger partial charge in [0.2, 0.25) is 0 Å². The van der Waals surface area contributed by atoms with E-state index in [1.165, 1.54) is 23.0 Å². The van der Waals surface area contributed by atoms with Gasteiger partial charge in [0.15, 0.2) is 5.78 Å². The van der Waals surface area contributed by atoms with Crippen molar-refractivity contribution in [2.45, 2.75) is 0 Å². The van der Waals surface area contributed by atoms with Crippen molar-refractivity contribution in [2.75, 3.05) is 0 Å². The summed E-state index contributed by atoms with van der Waals surface area (Å²) < 4.78 is 1.54. The summed E-state index contributed by atoms with van der Waals surface area (Å²) in [4.78, 5) is 21.7. The predicted molar refractivity (Wildman–Crippen MR) is 67.5 cm³/mol. The Hall–Kier alpha value is -2.28.